The van der Waals surface area contributed by atoms with E-state index >= 15 is 0 Å². The molecule has 0 saturated carbocycles. The summed E-state index contributed by atoms with van der Waals surface area (Å²) in [7, 11) is 0. The molecule has 23 heavy (non-hydrogen) atoms. The fourth-order valence-electron chi connectivity index (χ4n) is 1.99. The summed E-state index contributed by atoms with van der Waals surface area (Å²) in [4.78, 5) is 22.6. The lowest BCUT2D eigenvalue weighted by Gasteiger charge is -2.15. The van der Waals surface area contributed by atoms with Crippen molar-refractivity contribution in [2.45, 2.75) is 20.0 Å². The number of halogens is 1. The lowest BCUT2D eigenvalue weighted by atomic mass is 10.1. The van der Waals surface area contributed by atoms with Gasteiger partial charge in [0, 0.05) is 11.1 Å². The average molecular weight is 335 g/mol. The summed E-state index contributed by atoms with van der Waals surface area (Å²) < 4.78 is 5.52. The van der Waals surface area contributed by atoms with Crippen molar-refractivity contribution in [2.75, 3.05) is 5.32 Å². The molecular formula is C16H15ClN2O4. The van der Waals surface area contributed by atoms with Gasteiger partial charge in [-0.25, -0.2) is 0 Å². The van der Waals surface area contributed by atoms with E-state index in [9.17, 15) is 14.9 Å². The molecule has 0 aliphatic heterocycles. The van der Waals surface area contributed by atoms with Crippen LogP contribution in [0.2, 0.25) is 5.02 Å². The van der Waals surface area contributed by atoms with Crippen LogP contribution in [0.4, 0.5) is 11.4 Å². The second-order valence-electron chi connectivity index (χ2n) is 4.91. The third kappa shape index (κ3) is 4.20. The predicted octanol–water partition coefficient (Wildman–Crippen LogP) is 3.96. The van der Waals surface area contributed by atoms with Crippen molar-refractivity contribution >= 4 is 28.9 Å². The van der Waals surface area contributed by atoms with Gasteiger partial charge in [0.1, 0.15) is 5.75 Å². The molecule has 0 aliphatic rings. The van der Waals surface area contributed by atoms with Crippen LogP contribution < -0.4 is 10.1 Å². The first-order valence-corrected chi connectivity index (χ1v) is 7.23. The fourth-order valence-corrected chi connectivity index (χ4v) is 2.17. The molecule has 120 valence electrons. The zero-order valence-corrected chi connectivity index (χ0v) is 13.3. The number of carbonyl (C=O) groups excluding carboxylic acids is 1. The zero-order chi connectivity index (χ0) is 17.0. The van der Waals surface area contributed by atoms with E-state index in [0.717, 1.165) is 0 Å². The van der Waals surface area contributed by atoms with Gasteiger partial charge in [0.05, 0.1) is 16.2 Å². The van der Waals surface area contributed by atoms with Crippen LogP contribution in [0, 0.1) is 17.0 Å². The summed E-state index contributed by atoms with van der Waals surface area (Å²) in [5.74, 6) is 0.0597. The van der Waals surface area contributed by atoms with Crippen molar-refractivity contribution < 1.29 is 14.5 Å². The van der Waals surface area contributed by atoms with E-state index in [-0.39, 0.29) is 5.69 Å². The number of nitro benzene ring substituents is 1. The molecule has 0 aromatic heterocycles. The summed E-state index contributed by atoms with van der Waals surface area (Å²) in [5.41, 5.74) is 0.720. The largest absolute Gasteiger partial charge is 0.481 e. The van der Waals surface area contributed by atoms with Gasteiger partial charge in [-0.3, -0.25) is 14.9 Å². The van der Waals surface area contributed by atoms with Gasteiger partial charge in [-0.2, -0.15) is 0 Å². The van der Waals surface area contributed by atoms with Crippen LogP contribution in [-0.2, 0) is 4.79 Å². The Morgan fingerprint density at radius 1 is 1.30 bits per heavy atom. The van der Waals surface area contributed by atoms with Crippen LogP contribution in [0.5, 0.6) is 5.75 Å². The van der Waals surface area contributed by atoms with E-state index < -0.39 is 16.9 Å². The zero-order valence-electron chi connectivity index (χ0n) is 12.6. The lowest BCUT2D eigenvalue weighted by molar-refractivity contribution is -0.385. The second kappa shape index (κ2) is 7.11. The number of benzene rings is 2. The molecule has 0 heterocycles. The van der Waals surface area contributed by atoms with Crippen LogP contribution in [0.3, 0.4) is 0 Å². The SMILES string of the molecule is Cc1c(NC(=O)[C@@H](C)Oc2cccc(Cl)c2)cccc1[N+](=O)[O-]. The van der Waals surface area contributed by atoms with Gasteiger partial charge in [0.25, 0.3) is 11.6 Å². The highest BCUT2D eigenvalue weighted by Gasteiger charge is 2.19. The molecule has 0 saturated heterocycles. The average Bonchev–Trinajstić information content (AvgIpc) is 2.49. The molecule has 1 amide bonds. The predicted molar refractivity (Wildman–Crippen MR) is 88.0 cm³/mol. The minimum absolute atomic E-state index is 0.0498. The molecule has 0 fully saturated rings. The summed E-state index contributed by atoms with van der Waals surface area (Å²) in [5, 5.41) is 14.1. The van der Waals surface area contributed by atoms with Crippen molar-refractivity contribution in [3.8, 4) is 5.75 Å². The monoisotopic (exact) mass is 334 g/mol. The molecule has 2 aromatic carbocycles. The summed E-state index contributed by atoms with van der Waals surface area (Å²) in [6, 6.07) is 11.2. The minimum Gasteiger partial charge on any atom is -0.481 e. The third-order valence-corrected chi connectivity index (χ3v) is 3.47. The number of carbonyl (C=O) groups is 1. The summed E-state index contributed by atoms with van der Waals surface area (Å²) in [6.45, 7) is 3.17. The van der Waals surface area contributed by atoms with Crippen LogP contribution >= 0.6 is 11.6 Å². The number of amides is 1. The van der Waals surface area contributed by atoms with E-state index in [1.54, 1.807) is 44.2 Å². The quantitative estimate of drug-likeness (QED) is 0.662. The topological polar surface area (TPSA) is 81.5 Å². The second-order valence-corrected chi connectivity index (χ2v) is 5.35. The first-order valence-electron chi connectivity index (χ1n) is 6.85. The number of rotatable bonds is 5. The summed E-state index contributed by atoms with van der Waals surface area (Å²) in [6.07, 6.45) is -0.785. The first kappa shape index (κ1) is 16.8. The molecule has 0 spiro atoms. The van der Waals surface area contributed by atoms with Crippen molar-refractivity contribution in [3.63, 3.8) is 0 Å². The third-order valence-electron chi connectivity index (χ3n) is 3.24. The Hall–Kier alpha value is -2.60. The van der Waals surface area contributed by atoms with Gasteiger partial charge < -0.3 is 10.1 Å². The number of anilines is 1. The normalized spacial score (nSPS) is 11.6. The molecule has 1 N–H and O–H groups in total. The number of nitro groups is 1. The Morgan fingerprint density at radius 2 is 2.00 bits per heavy atom. The number of nitrogens with zero attached hydrogens (tertiary/aromatic N) is 1. The number of ether oxygens (including phenoxy) is 1. The van der Waals surface area contributed by atoms with Gasteiger partial charge in [-0.15, -0.1) is 0 Å². The standard InChI is InChI=1S/C16H15ClN2O4/c1-10-14(7-4-8-15(10)19(21)22)18-16(20)11(2)23-13-6-3-5-12(17)9-13/h3-9,11H,1-2H3,(H,18,20)/t11-/m1/s1. The highest BCUT2D eigenvalue weighted by molar-refractivity contribution is 6.30. The Bertz CT molecular complexity index is 749. The number of nitrogens with one attached hydrogen (secondary N) is 1. The maximum Gasteiger partial charge on any atom is 0.274 e. The first-order chi connectivity index (χ1) is 10.9. The molecule has 0 unspecified atom stereocenters. The molecule has 2 aromatic rings. The minimum atomic E-state index is -0.785. The van der Waals surface area contributed by atoms with Crippen molar-refractivity contribution in [2.24, 2.45) is 0 Å². The van der Waals surface area contributed by atoms with E-state index in [1.165, 1.54) is 12.1 Å². The molecule has 6 nitrogen and oxygen atoms in total. The number of hydrogen-bond acceptors (Lipinski definition) is 4. The van der Waals surface area contributed by atoms with E-state index in [2.05, 4.69) is 5.32 Å². The summed E-state index contributed by atoms with van der Waals surface area (Å²) >= 11 is 5.86. The van der Waals surface area contributed by atoms with Gasteiger partial charge in [-0.1, -0.05) is 23.7 Å². The highest BCUT2D eigenvalue weighted by atomic mass is 35.5. The van der Waals surface area contributed by atoms with Gasteiger partial charge in [-0.05, 0) is 38.1 Å². The fraction of sp³-hybridized carbons (Fsp3) is 0.188. The molecule has 7 heteroatoms. The van der Waals surface area contributed by atoms with E-state index in [0.29, 0.717) is 22.0 Å². The van der Waals surface area contributed by atoms with Crippen molar-refractivity contribution in [3.05, 3.63) is 63.2 Å². The van der Waals surface area contributed by atoms with Crippen molar-refractivity contribution in [1.82, 2.24) is 0 Å². The Labute approximate surface area is 138 Å². The molecule has 0 aliphatic carbocycles. The van der Waals surface area contributed by atoms with Gasteiger partial charge >= 0.3 is 0 Å². The van der Waals surface area contributed by atoms with Crippen LogP contribution in [0.25, 0.3) is 0 Å². The van der Waals surface area contributed by atoms with E-state index in [4.69, 9.17) is 16.3 Å². The smallest absolute Gasteiger partial charge is 0.274 e. The van der Waals surface area contributed by atoms with Crippen LogP contribution in [0.15, 0.2) is 42.5 Å². The maximum atomic E-state index is 12.2. The Morgan fingerprint density at radius 3 is 2.65 bits per heavy atom. The Kier molecular flexibility index (Phi) is 5.18. The van der Waals surface area contributed by atoms with Gasteiger partial charge in [0.15, 0.2) is 6.10 Å². The van der Waals surface area contributed by atoms with E-state index in [1.807, 2.05) is 0 Å². The number of hydrogen-bond donors (Lipinski definition) is 1. The molecule has 1 atom stereocenters. The molecule has 0 radical (unpaired) electrons. The highest BCUT2D eigenvalue weighted by Crippen LogP contribution is 2.25. The Balaban J connectivity index is 2.10. The lowest BCUT2D eigenvalue weighted by Crippen LogP contribution is -2.30. The van der Waals surface area contributed by atoms with Crippen LogP contribution in [-0.4, -0.2) is 16.9 Å². The van der Waals surface area contributed by atoms with Crippen LogP contribution in [0.1, 0.15) is 12.5 Å². The molecule has 2 rings (SSSR count). The van der Waals surface area contributed by atoms with Gasteiger partial charge in [0.2, 0.25) is 0 Å². The molecule has 0 bridgehead atoms. The van der Waals surface area contributed by atoms with Crippen molar-refractivity contribution in [1.29, 1.82) is 0 Å². The maximum absolute atomic E-state index is 12.2. The molecular weight excluding hydrogens is 320 g/mol.